The Morgan fingerprint density at radius 3 is 2.24 bits per heavy atom. The third-order valence-electron chi connectivity index (χ3n) is 3.17. The van der Waals surface area contributed by atoms with Gasteiger partial charge < -0.3 is 4.90 Å². The normalized spacial score (nSPS) is 11.3. The van der Waals surface area contributed by atoms with Gasteiger partial charge in [-0.3, -0.25) is 4.18 Å². The second-order valence-corrected chi connectivity index (χ2v) is 6.46. The molecule has 2 aromatic carbocycles. The SMILES string of the molecule is Cc1ccc(S(=O)(=O)OCCN(C)c2ccccc2)cc1. The Labute approximate surface area is 126 Å². The van der Waals surface area contributed by atoms with Crippen molar-refractivity contribution in [1.82, 2.24) is 0 Å². The molecule has 0 fully saturated rings. The molecule has 2 aromatic rings. The summed E-state index contributed by atoms with van der Waals surface area (Å²) in [4.78, 5) is 2.14. The highest BCUT2D eigenvalue weighted by Crippen LogP contribution is 2.14. The monoisotopic (exact) mass is 305 g/mol. The molecule has 0 bridgehead atoms. The number of para-hydroxylation sites is 1. The van der Waals surface area contributed by atoms with Crippen LogP contribution in [-0.4, -0.2) is 28.6 Å². The highest BCUT2D eigenvalue weighted by atomic mass is 32.2. The number of hydrogen-bond donors (Lipinski definition) is 0. The molecule has 0 aliphatic heterocycles. The maximum absolute atomic E-state index is 12.0. The lowest BCUT2D eigenvalue weighted by molar-refractivity contribution is 0.325. The summed E-state index contributed by atoms with van der Waals surface area (Å²) in [5, 5.41) is 0. The Morgan fingerprint density at radius 2 is 1.62 bits per heavy atom. The lowest BCUT2D eigenvalue weighted by Crippen LogP contribution is -2.23. The van der Waals surface area contributed by atoms with Gasteiger partial charge in [-0.2, -0.15) is 8.42 Å². The number of rotatable bonds is 6. The van der Waals surface area contributed by atoms with Gasteiger partial charge in [0.25, 0.3) is 10.1 Å². The van der Waals surface area contributed by atoms with Crippen LogP contribution in [-0.2, 0) is 14.3 Å². The van der Waals surface area contributed by atoms with Crippen molar-refractivity contribution in [1.29, 1.82) is 0 Å². The van der Waals surface area contributed by atoms with Gasteiger partial charge >= 0.3 is 0 Å². The lowest BCUT2D eigenvalue weighted by atomic mass is 10.2. The Kier molecular flexibility index (Phi) is 4.98. The fourth-order valence-corrected chi connectivity index (χ4v) is 2.77. The Balaban J connectivity index is 1.92. The van der Waals surface area contributed by atoms with E-state index in [4.69, 9.17) is 4.18 Å². The molecule has 0 N–H and O–H groups in total. The Morgan fingerprint density at radius 1 is 1.00 bits per heavy atom. The molecule has 0 amide bonds. The molecule has 2 rings (SSSR count). The summed E-state index contributed by atoms with van der Waals surface area (Å²) in [6, 6.07) is 16.4. The van der Waals surface area contributed by atoms with Crippen molar-refractivity contribution in [2.45, 2.75) is 11.8 Å². The minimum atomic E-state index is -3.68. The first-order valence-electron chi connectivity index (χ1n) is 6.71. The molecule has 0 unspecified atom stereocenters. The molecular weight excluding hydrogens is 286 g/mol. The summed E-state index contributed by atoms with van der Waals surface area (Å²) >= 11 is 0. The van der Waals surface area contributed by atoms with Crippen molar-refractivity contribution in [3.63, 3.8) is 0 Å². The van der Waals surface area contributed by atoms with E-state index in [2.05, 4.69) is 0 Å². The van der Waals surface area contributed by atoms with Crippen LogP contribution in [0.3, 0.4) is 0 Å². The molecule has 112 valence electrons. The van der Waals surface area contributed by atoms with E-state index in [9.17, 15) is 8.42 Å². The van der Waals surface area contributed by atoms with E-state index in [0.717, 1.165) is 11.3 Å². The maximum atomic E-state index is 12.0. The average Bonchev–Trinajstić information content (AvgIpc) is 2.48. The van der Waals surface area contributed by atoms with Crippen LogP contribution in [0.2, 0.25) is 0 Å². The first-order chi connectivity index (χ1) is 9.99. The van der Waals surface area contributed by atoms with Crippen LogP contribution >= 0.6 is 0 Å². The quantitative estimate of drug-likeness (QED) is 0.770. The summed E-state index contributed by atoms with van der Waals surface area (Å²) in [6.07, 6.45) is 0. The van der Waals surface area contributed by atoms with E-state index in [1.165, 1.54) is 0 Å². The van der Waals surface area contributed by atoms with E-state index in [1.54, 1.807) is 24.3 Å². The van der Waals surface area contributed by atoms with Gasteiger partial charge in [-0.25, -0.2) is 0 Å². The third kappa shape index (κ3) is 4.31. The fraction of sp³-hybridized carbons (Fsp3) is 0.250. The topological polar surface area (TPSA) is 46.6 Å². The van der Waals surface area contributed by atoms with Crippen LogP contribution in [0, 0.1) is 6.92 Å². The minimum Gasteiger partial charge on any atom is -0.372 e. The Hall–Kier alpha value is -1.85. The van der Waals surface area contributed by atoms with E-state index in [-0.39, 0.29) is 11.5 Å². The minimum absolute atomic E-state index is 0.113. The standard InChI is InChI=1S/C16H19NO3S/c1-14-8-10-16(11-9-14)21(18,19)20-13-12-17(2)15-6-4-3-5-7-15/h3-11H,12-13H2,1-2H3. The van der Waals surface area contributed by atoms with Crippen molar-refractivity contribution in [2.75, 3.05) is 25.1 Å². The fourth-order valence-electron chi connectivity index (χ4n) is 1.87. The van der Waals surface area contributed by atoms with E-state index < -0.39 is 10.1 Å². The van der Waals surface area contributed by atoms with Crippen molar-refractivity contribution in [3.05, 3.63) is 60.2 Å². The average molecular weight is 305 g/mol. The van der Waals surface area contributed by atoms with Gasteiger partial charge in [0.1, 0.15) is 0 Å². The summed E-state index contributed by atoms with van der Waals surface area (Å²) in [7, 11) is -1.78. The largest absolute Gasteiger partial charge is 0.372 e. The zero-order chi connectivity index (χ0) is 15.3. The third-order valence-corrected chi connectivity index (χ3v) is 4.50. The van der Waals surface area contributed by atoms with Gasteiger partial charge in [0.05, 0.1) is 11.5 Å². The van der Waals surface area contributed by atoms with Crippen molar-refractivity contribution in [3.8, 4) is 0 Å². The van der Waals surface area contributed by atoms with Crippen LogP contribution in [0.15, 0.2) is 59.5 Å². The van der Waals surface area contributed by atoms with Gasteiger partial charge in [0.15, 0.2) is 0 Å². The second kappa shape index (κ2) is 6.74. The van der Waals surface area contributed by atoms with Crippen LogP contribution in [0.5, 0.6) is 0 Å². The highest BCUT2D eigenvalue weighted by Gasteiger charge is 2.14. The molecular formula is C16H19NO3S. The van der Waals surface area contributed by atoms with E-state index >= 15 is 0 Å². The molecule has 0 aliphatic rings. The molecule has 0 aliphatic carbocycles. The number of hydrogen-bond acceptors (Lipinski definition) is 4. The van der Waals surface area contributed by atoms with Crippen LogP contribution in [0.1, 0.15) is 5.56 Å². The first kappa shape index (κ1) is 15.5. The maximum Gasteiger partial charge on any atom is 0.297 e. The first-order valence-corrected chi connectivity index (χ1v) is 8.12. The van der Waals surface area contributed by atoms with Crippen LogP contribution in [0.25, 0.3) is 0 Å². The predicted octanol–water partition coefficient (Wildman–Crippen LogP) is 2.84. The Bertz CT molecular complexity index is 666. The molecule has 0 saturated heterocycles. The highest BCUT2D eigenvalue weighted by molar-refractivity contribution is 7.86. The van der Waals surface area contributed by atoms with Gasteiger partial charge in [-0.05, 0) is 31.2 Å². The number of aryl methyl sites for hydroxylation is 1. The van der Waals surface area contributed by atoms with Crippen molar-refractivity contribution in [2.24, 2.45) is 0 Å². The van der Waals surface area contributed by atoms with Crippen molar-refractivity contribution >= 4 is 15.8 Å². The molecule has 0 heterocycles. The number of anilines is 1. The zero-order valence-corrected chi connectivity index (χ0v) is 13.0. The van der Waals surface area contributed by atoms with Gasteiger partial charge in [0, 0.05) is 19.3 Å². The van der Waals surface area contributed by atoms with E-state index in [0.29, 0.717) is 6.54 Å². The molecule has 5 heteroatoms. The molecule has 21 heavy (non-hydrogen) atoms. The van der Waals surface area contributed by atoms with E-state index in [1.807, 2.05) is 49.2 Å². The zero-order valence-electron chi connectivity index (χ0n) is 12.2. The lowest BCUT2D eigenvalue weighted by Gasteiger charge is -2.18. The molecule has 0 radical (unpaired) electrons. The summed E-state index contributed by atoms with van der Waals surface area (Å²) in [5.74, 6) is 0. The van der Waals surface area contributed by atoms with Gasteiger partial charge in [-0.15, -0.1) is 0 Å². The molecule has 0 atom stereocenters. The smallest absolute Gasteiger partial charge is 0.297 e. The molecule has 0 saturated carbocycles. The number of benzene rings is 2. The van der Waals surface area contributed by atoms with Crippen LogP contribution < -0.4 is 4.90 Å². The summed E-state index contributed by atoms with van der Waals surface area (Å²) in [6.45, 7) is 2.52. The number of likely N-dealkylation sites (N-methyl/N-ethyl adjacent to an activating group) is 1. The van der Waals surface area contributed by atoms with Gasteiger partial charge in [-0.1, -0.05) is 35.9 Å². The number of nitrogens with zero attached hydrogens (tertiary/aromatic N) is 1. The van der Waals surface area contributed by atoms with Crippen LogP contribution in [0.4, 0.5) is 5.69 Å². The predicted molar refractivity (Wildman–Crippen MR) is 84.0 cm³/mol. The summed E-state index contributed by atoms with van der Waals surface area (Å²) < 4.78 is 29.1. The molecule has 0 aromatic heterocycles. The molecule has 4 nitrogen and oxygen atoms in total. The summed E-state index contributed by atoms with van der Waals surface area (Å²) in [5.41, 5.74) is 2.03. The van der Waals surface area contributed by atoms with Gasteiger partial charge in [0.2, 0.25) is 0 Å². The van der Waals surface area contributed by atoms with Crippen molar-refractivity contribution < 1.29 is 12.6 Å². The second-order valence-electron chi connectivity index (χ2n) is 4.85. The molecule has 0 spiro atoms.